The van der Waals surface area contributed by atoms with Crippen LogP contribution in [0.2, 0.25) is 0 Å². The quantitative estimate of drug-likeness (QED) is 0.427. The molecular formula is C27H25NO4. The van der Waals surface area contributed by atoms with E-state index in [9.17, 15) is 0 Å². The van der Waals surface area contributed by atoms with E-state index >= 15 is 0 Å². The van der Waals surface area contributed by atoms with Crippen molar-refractivity contribution >= 4 is 24.3 Å². The SMILES string of the molecule is C(=Cc1cccc(C=Cc2ccc(OCC3CO3)cc2)n1)c1ccc(OCC2CO2)cc1. The molecular weight excluding hydrogens is 402 g/mol. The molecule has 0 spiro atoms. The molecule has 2 aliphatic rings. The monoisotopic (exact) mass is 427 g/mol. The number of hydrogen-bond acceptors (Lipinski definition) is 5. The zero-order valence-electron chi connectivity index (χ0n) is 17.7. The summed E-state index contributed by atoms with van der Waals surface area (Å²) in [4.78, 5) is 4.70. The first-order chi connectivity index (χ1) is 15.8. The van der Waals surface area contributed by atoms with Crippen molar-refractivity contribution in [2.75, 3.05) is 26.4 Å². The molecule has 5 nitrogen and oxygen atoms in total. The second-order valence-electron chi connectivity index (χ2n) is 7.82. The molecule has 5 heteroatoms. The molecule has 3 heterocycles. The number of nitrogens with zero attached hydrogens (tertiary/aromatic N) is 1. The molecule has 2 saturated heterocycles. The molecule has 2 aromatic carbocycles. The smallest absolute Gasteiger partial charge is 0.119 e. The Morgan fingerprint density at radius 1 is 0.656 bits per heavy atom. The van der Waals surface area contributed by atoms with Gasteiger partial charge >= 0.3 is 0 Å². The van der Waals surface area contributed by atoms with Crippen LogP contribution in [-0.2, 0) is 9.47 Å². The minimum Gasteiger partial charge on any atom is -0.491 e. The number of rotatable bonds is 10. The van der Waals surface area contributed by atoms with Gasteiger partial charge in [-0.05, 0) is 59.7 Å². The van der Waals surface area contributed by atoms with Crippen molar-refractivity contribution < 1.29 is 18.9 Å². The van der Waals surface area contributed by atoms with Crippen LogP contribution in [0.4, 0.5) is 0 Å². The normalized spacial score (nSPS) is 19.4. The van der Waals surface area contributed by atoms with E-state index in [2.05, 4.69) is 12.2 Å². The fourth-order valence-corrected chi connectivity index (χ4v) is 3.07. The van der Waals surface area contributed by atoms with Crippen molar-refractivity contribution in [3.63, 3.8) is 0 Å². The van der Waals surface area contributed by atoms with E-state index in [0.717, 1.165) is 47.2 Å². The lowest BCUT2D eigenvalue weighted by Crippen LogP contribution is -2.03. The van der Waals surface area contributed by atoms with E-state index in [1.165, 1.54) is 0 Å². The number of epoxide rings is 2. The van der Waals surface area contributed by atoms with Gasteiger partial charge in [-0.15, -0.1) is 0 Å². The van der Waals surface area contributed by atoms with Crippen LogP contribution in [-0.4, -0.2) is 43.6 Å². The van der Waals surface area contributed by atoms with Gasteiger partial charge in [-0.2, -0.15) is 0 Å². The Kier molecular flexibility index (Phi) is 6.28. The van der Waals surface area contributed by atoms with Crippen LogP contribution < -0.4 is 9.47 Å². The maximum absolute atomic E-state index is 5.68. The second kappa shape index (κ2) is 9.81. The molecule has 2 fully saturated rings. The third-order valence-corrected chi connectivity index (χ3v) is 5.12. The summed E-state index contributed by atoms with van der Waals surface area (Å²) in [6.07, 6.45) is 8.66. The molecule has 1 aromatic heterocycles. The fraction of sp³-hybridized carbons (Fsp3) is 0.222. The van der Waals surface area contributed by atoms with Crippen LogP contribution in [0, 0.1) is 0 Å². The highest BCUT2D eigenvalue weighted by Gasteiger charge is 2.23. The standard InChI is InChI=1S/C27H25NO4/c1-2-22(10-4-20-6-12-24(13-7-20)29-16-26-18-31-26)28-23(3-1)11-5-21-8-14-25(15-9-21)30-17-27-19-32-27/h1-15,26-27H,16-19H2. The van der Waals surface area contributed by atoms with Gasteiger partial charge in [-0.25, -0.2) is 4.98 Å². The summed E-state index contributed by atoms with van der Waals surface area (Å²) in [5.74, 6) is 1.72. The molecule has 2 unspecified atom stereocenters. The number of aromatic nitrogens is 1. The van der Waals surface area contributed by atoms with Crippen LogP contribution in [0.15, 0.2) is 66.7 Å². The largest absolute Gasteiger partial charge is 0.491 e. The first-order valence-corrected chi connectivity index (χ1v) is 10.8. The maximum Gasteiger partial charge on any atom is 0.119 e. The predicted octanol–water partition coefficient (Wildman–Crippen LogP) is 4.98. The van der Waals surface area contributed by atoms with E-state index in [4.69, 9.17) is 23.9 Å². The Hall–Kier alpha value is -3.41. The number of ether oxygens (including phenoxy) is 4. The van der Waals surface area contributed by atoms with E-state index in [1.807, 2.05) is 78.9 Å². The van der Waals surface area contributed by atoms with E-state index in [-0.39, 0.29) is 12.2 Å². The van der Waals surface area contributed by atoms with E-state index in [1.54, 1.807) is 0 Å². The lowest BCUT2D eigenvalue weighted by molar-refractivity contribution is 0.263. The summed E-state index contributed by atoms with van der Waals surface area (Å²) in [6, 6.07) is 22.1. The van der Waals surface area contributed by atoms with Crippen molar-refractivity contribution in [1.82, 2.24) is 4.98 Å². The molecule has 0 bridgehead atoms. The minimum absolute atomic E-state index is 0.267. The van der Waals surface area contributed by atoms with Gasteiger partial charge in [0.15, 0.2) is 0 Å². The summed E-state index contributed by atoms with van der Waals surface area (Å²) >= 11 is 0. The molecule has 32 heavy (non-hydrogen) atoms. The molecule has 2 atom stereocenters. The van der Waals surface area contributed by atoms with Crippen molar-refractivity contribution in [2.45, 2.75) is 12.2 Å². The predicted molar refractivity (Wildman–Crippen MR) is 125 cm³/mol. The summed E-state index contributed by atoms with van der Waals surface area (Å²) in [5.41, 5.74) is 4.01. The summed E-state index contributed by atoms with van der Waals surface area (Å²) in [6.45, 7) is 2.85. The Morgan fingerprint density at radius 2 is 1.09 bits per heavy atom. The first kappa shape index (κ1) is 20.5. The fourth-order valence-electron chi connectivity index (χ4n) is 3.07. The Balaban J connectivity index is 1.16. The molecule has 0 amide bonds. The van der Waals surface area contributed by atoms with Gasteiger partial charge in [0.05, 0.1) is 24.6 Å². The molecule has 0 saturated carbocycles. The van der Waals surface area contributed by atoms with Crippen LogP contribution in [0.5, 0.6) is 11.5 Å². The zero-order valence-corrected chi connectivity index (χ0v) is 17.7. The summed E-state index contributed by atoms with van der Waals surface area (Å²) < 4.78 is 21.7. The highest BCUT2D eigenvalue weighted by molar-refractivity contribution is 5.71. The Morgan fingerprint density at radius 3 is 1.50 bits per heavy atom. The lowest BCUT2D eigenvalue weighted by atomic mass is 10.1. The van der Waals surface area contributed by atoms with Gasteiger partial charge in [-0.3, -0.25) is 0 Å². The maximum atomic E-state index is 5.68. The van der Waals surface area contributed by atoms with Crippen LogP contribution >= 0.6 is 0 Å². The third kappa shape index (κ3) is 6.30. The average Bonchev–Trinajstić information content (AvgIpc) is 3.76. The molecule has 0 radical (unpaired) electrons. The molecule has 2 aliphatic heterocycles. The summed E-state index contributed by atoms with van der Waals surface area (Å²) in [5, 5.41) is 0. The van der Waals surface area contributed by atoms with Crippen molar-refractivity contribution in [3.05, 3.63) is 89.2 Å². The van der Waals surface area contributed by atoms with E-state index in [0.29, 0.717) is 13.2 Å². The molecule has 162 valence electrons. The van der Waals surface area contributed by atoms with Gasteiger partial charge in [0.1, 0.15) is 36.9 Å². The third-order valence-electron chi connectivity index (χ3n) is 5.12. The first-order valence-electron chi connectivity index (χ1n) is 10.8. The van der Waals surface area contributed by atoms with Gasteiger partial charge < -0.3 is 18.9 Å². The number of hydrogen-bond donors (Lipinski definition) is 0. The Bertz CT molecular complexity index is 997. The van der Waals surface area contributed by atoms with Gasteiger partial charge in [0, 0.05) is 0 Å². The lowest BCUT2D eigenvalue weighted by Gasteiger charge is -2.04. The number of pyridine rings is 1. The summed E-state index contributed by atoms with van der Waals surface area (Å²) in [7, 11) is 0. The van der Waals surface area contributed by atoms with Crippen molar-refractivity contribution in [2.24, 2.45) is 0 Å². The topological polar surface area (TPSA) is 56.4 Å². The highest BCUT2D eigenvalue weighted by atomic mass is 16.6. The van der Waals surface area contributed by atoms with Gasteiger partial charge in [0.25, 0.3) is 0 Å². The minimum atomic E-state index is 0.267. The van der Waals surface area contributed by atoms with Crippen molar-refractivity contribution in [1.29, 1.82) is 0 Å². The van der Waals surface area contributed by atoms with Crippen molar-refractivity contribution in [3.8, 4) is 11.5 Å². The highest BCUT2D eigenvalue weighted by Crippen LogP contribution is 2.18. The van der Waals surface area contributed by atoms with E-state index < -0.39 is 0 Å². The molecule has 0 N–H and O–H groups in total. The zero-order chi connectivity index (χ0) is 21.6. The molecule has 5 rings (SSSR count). The molecule has 3 aromatic rings. The second-order valence-corrected chi connectivity index (χ2v) is 7.82. The van der Waals surface area contributed by atoms with Gasteiger partial charge in [-0.1, -0.05) is 42.5 Å². The Labute approximate surface area is 187 Å². The van der Waals surface area contributed by atoms with Crippen LogP contribution in [0.3, 0.4) is 0 Å². The van der Waals surface area contributed by atoms with Crippen LogP contribution in [0.25, 0.3) is 24.3 Å². The van der Waals surface area contributed by atoms with Gasteiger partial charge in [0.2, 0.25) is 0 Å². The molecule has 0 aliphatic carbocycles. The van der Waals surface area contributed by atoms with Crippen LogP contribution in [0.1, 0.15) is 22.5 Å². The average molecular weight is 428 g/mol. The number of benzene rings is 2.